The highest BCUT2D eigenvalue weighted by Crippen LogP contribution is 2.65. The van der Waals surface area contributed by atoms with Gasteiger partial charge in [-0.2, -0.15) is 0 Å². The molecule has 0 aliphatic heterocycles. The van der Waals surface area contributed by atoms with Gasteiger partial charge in [-0.1, -0.05) is 63.8 Å². The third-order valence-electron chi connectivity index (χ3n) is 5.65. The average molecular weight is 620 g/mol. The first-order valence-electron chi connectivity index (χ1n) is 10.3. The normalized spacial score (nSPS) is 18.2. The van der Waals surface area contributed by atoms with E-state index in [0.29, 0.717) is 37.0 Å². The Morgan fingerprint density at radius 3 is 2.31 bits per heavy atom. The van der Waals surface area contributed by atoms with E-state index in [2.05, 4.69) is 15.6 Å². The molecule has 0 saturated heterocycles. The van der Waals surface area contributed by atoms with E-state index in [1.807, 2.05) is 6.07 Å². The molecule has 2 N–H and O–H groups in total. The van der Waals surface area contributed by atoms with Crippen LogP contribution in [-0.2, 0) is 4.79 Å². The quantitative estimate of drug-likeness (QED) is 0.220. The molecule has 4 aromatic rings. The molecule has 5 nitrogen and oxygen atoms in total. The average Bonchev–Trinajstić information content (AvgIpc) is 3.15. The highest BCUT2D eigenvalue weighted by atomic mass is 35.5. The fourth-order valence-corrected chi connectivity index (χ4v) is 6.69. The molecule has 1 aliphatic carbocycles. The number of hydrogen-bond donors (Lipinski definition) is 2. The van der Waals surface area contributed by atoms with E-state index < -0.39 is 28.0 Å². The molecule has 12 heteroatoms. The van der Waals surface area contributed by atoms with Gasteiger partial charge in [-0.25, -0.2) is 4.98 Å². The smallest absolute Gasteiger partial charge is 0.259 e. The largest absolute Gasteiger partial charge is 0.326 e. The summed E-state index contributed by atoms with van der Waals surface area (Å²) in [6, 6.07) is 14.9. The van der Waals surface area contributed by atoms with Gasteiger partial charge in [-0.05, 0) is 54.1 Å². The van der Waals surface area contributed by atoms with Gasteiger partial charge in [0.25, 0.3) is 5.91 Å². The molecule has 36 heavy (non-hydrogen) atoms. The predicted molar refractivity (Wildman–Crippen MR) is 150 cm³/mol. The van der Waals surface area contributed by atoms with Gasteiger partial charge in [0.05, 0.1) is 26.2 Å². The summed E-state index contributed by atoms with van der Waals surface area (Å²) < 4.78 is -0.505. The Hall–Kier alpha value is -1.77. The van der Waals surface area contributed by atoms with Crippen LogP contribution in [0.15, 0.2) is 54.6 Å². The summed E-state index contributed by atoms with van der Waals surface area (Å²) in [6.07, 6.45) is 0. The van der Waals surface area contributed by atoms with Crippen molar-refractivity contribution >= 4 is 114 Å². The van der Waals surface area contributed by atoms with Crippen LogP contribution in [0, 0.1) is 5.92 Å². The Bertz CT molecular complexity index is 1520. The van der Waals surface area contributed by atoms with Crippen LogP contribution in [0.1, 0.15) is 21.8 Å². The third-order valence-corrected chi connectivity index (χ3v) is 8.60. The summed E-state index contributed by atoms with van der Waals surface area (Å²) in [5, 5.41) is 7.37. The number of halogens is 6. The van der Waals surface area contributed by atoms with E-state index in [1.54, 1.807) is 36.4 Å². The van der Waals surface area contributed by atoms with Crippen molar-refractivity contribution in [1.82, 2.24) is 4.98 Å². The minimum Gasteiger partial charge on any atom is -0.326 e. The summed E-state index contributed by atoms with van der Waals surface area (Å²) in [7, 11) is 0. The van der Waals surface area contributed by atoms with Gasteiger partial charge in [0.1, 0.15) is 9.85 Å². The highest BCUT2D eigenvalue weighted by molar-refractivity contribution is 7.22. The number of alkyl halides is 2. The third kappa shape index (κ3) is 5.01. The summed E-state index contributed by atoms with van der Waals surface area (Å²) in [5.41, 5.74) is 1.75. The molecule has 1 fully saturated rings. The number of rotatable bonds is 5. The van der Waals surface area contributed by atoms with Crippen LogP contribution in [0.5, 0.6) is 0 Å². The molecule has 1 saturated carbocycles. The lowest BCUT2D eigenvalue weighted by molar-refractivity contribution is -0.117. The van der Waals surface area contributed by atoms with Crippen LogP contribution in [0.2, 0.25) is 20.1 Å². The number of benzene rings is 3. The first-order chi connectivity index (χ1) is 17.0. The molecule has 0 bridgehead atoms. The molecule has 1 heterocycles. The monoisotopic (exact) mass is 617 g/mol. The number of anilines is 2. The second kappa shape index (κ2) is 9.84. The molecule has 0 spiro atoms. The molecule has 1 aromatic heterocycles. The molecule has 0 unspecified atom stereocenters. The lowest BCUT2D eigenvalue weighted by atomic mass is 10.1. The van der Waals surface area contributed by atoms with Crippen LogP contribution < -0.4 is 10.6 Å². The van der Waals surface area contributed by atoms with Crippen molar-refractivity contribution in [2.75, 3.05) is 10.6 Å². The maximum Gasteiger partial charge on any atom is 0.259 e. The number of amides is 2. The van der Waals surface area contributed by atoms with Gasteiger partial charge in [-0.3, -0.25) is 14.9 Å². The van der Waals surface area contributed by atoms with E-state index in [0.717, 1.165) is 4.70 Å². The lowest BCUT2D eigenvalue weighted by Gasteiger charge is -2.09. The Morgan fingerprint density at radius 2 is 1.61 bits per heavy atom. The zero-order chi connectivity index (χ0) is 25.8. The van der Waals surface area contributed by atoms with Crippen molar-refractivity contribution in [2.24, 2.45) is 5.92 Å². The van der Waals surface area contributed by atoms with E-state index in [9.17, 15) is 9.59 Å². The number of nitrogens with zero attached hydrogens (tertiary/aromatic N) is 1. The highest BCUT2D eigenvalue weighted by Gasteiger charge is 2.67. The number of fused-ring (bicyclic) bond motifs is 1. The zero-order valence-electron chi connectivity index (χ0n) is 17.8. The fraction of sp³-hybridized carbons (Fsp3) is 0.125. The van der Waals surface area contributed by atoms with Crippen LogP contribution in [0.3, 0.4) is 0 Å². The predicted octanol–water partition coefficient (Wildman–Crippen LogP) is 8.69. The van der Waals surface area contributed by atoms with Crippen molar-refractivity contribution in [3.63, 3.8) is 0 Å². The van der Waals surface area contributed by atoms with Gasteiger partial charge in [0, 0.05) is 21.7 Å². The molecule has 2 atom stereocenters. The second-order valence-corrected chi connectivity index (χ2v) is 12.2. The molecule has 184 valence electrons. The topological polar surface area (TPSA) is 71.1 Å². The SMILES string of the molecule is O=C(Nc1nc2c(Cl)cccc2s1)c1cc(NC(=O)[C@@H]2[C@@H](c3cc(Cl)cc(Cl)c3)C2(Cl)Cl)ccc1Cl. The minimum absolute atomic E-state index is 0.150. The van der Waals surface area contributed by atoms with E-state index in [4.69, 9.17) is 69.6 Å². The number of carbonyl (C=O) groups excluding carboxylic acids is 2. The van der Waals surface area contributed by atoms with Crippen LogP contribution in [-0.4, -0.2) is 21.1 Å². The van der Waals surface area contributed by atoms with Gasteiger partial charge in [-0.15, -0.1) is 23.2 Å². The summed E-state index contributed by atoms with van der Waals surface area (Å²) in [4.78, 5) is 30.3. The number of aromatic nitrogens is 1. The van der Waals surface area contributed by atoms with Crippen molar-refractivity contribution < 1.29 is 9.59 Å². The van der Waals surface area contributed by atoms with Crippen LogP contribution in [0.4, 0.5) is 10.8 Å². The first kappa shape index (κ1) is 25.9. The van der Waals surface area contributed by atoms with E-state index >= 15 is 0 Å². The van der Waals surface area contributed by atoms with E-state index in [-0.39, 0.29) is 10.6 Å². The molecular formula is C24H13Cl6N3O2S. The number of thiazole rings is 1. The molecule has 3 aromatic carbocycles. The Kier molecular flexibility index (Phi) is 7.07. The lowest BCUT2D eigenvalue weighted by Crippen LogP contribution is -2.18. The zero-order valence-corrected chi connectivity index (χ0v) is 23.1. The number of hydrogen-bond acceptors (Lipinski definition) is 4. The summed E-state index contributed by atoms with van der Waals surface area (Å²) in [5.74, 6) is -2.17. The maximum absolute atomic E-state index is 13.0. The van der Waals surface area contributed by atoms with Crippen molar-refractivity contribution in [3.8, 4) is 0 Å². The molecule has 5 rings (SSSR count). The van der Waals surface area contributed by atoms with Crippen LogP contribution >= 0.6 is 80.9 Å². The van der Waals surface area contributed by atoms with Crippen molar-refractivity contribution in [2.45, 2.75) is 10.3 Å². The number of carbonyl (C=O) groups is 2. The van der Waals surface area contributed by atoms with Gasteiger partial charge in [0.2, 0.25) is 5.91 Å². The van der Waals surface area contributed by atoms with E-state index in [1.165, 1.54) is 23.5 Å². The Morgan fingerprint density at radius 1 is 0.889 bits per heavy atom. The minimum atomic E-state index is -1.33. The first-order valence-corrected chi connectivity index (χ1v) is 13.4. The van der Waals surface area contributed by atoms with Crippen LogP contribution in [0.25, 0.3) is 10.2 Å². The number of nitrogens with one attached hydrogen (secondary N) is 2. The molecular weight excluding hydrogens is 607 g/mol. The maximum atomic E-state index is 13.0. The molecule has 0 radical (unpaired) electrons. The second-order valence-electron chi connectivity index (χ2n) is 8.08. The summed E-state index contributed by atoms with van der Waals surface area (Å²) in [6.45, 7) is 0. The van der Waals surface area contributed by atoms with Crippen molar-refractivity contribution in [3.05, 3.63) is 85.8 Å². The number of para-hydroxylation sites is 1. The molecule has 2 amide bonds. The standard InChI is InChI=1S/C24H13Cl6N3O2S/c25-11-6-10(7-12(26)8-11)18-19(24(18,29)30)22(35)31-13-4-5-15(27)14(9-13)21(34)33-23-32-20-16(28)2-1-3-17(20)36-23/h1-9,18-19H,(H,31,35)(H,32,33,34)/t18-,19+/m1/s1. The van der Waals surface area contributed by atoms with Gasteiger partial charge < -0.3 is 5.32 Å². The fourth-order valence-electron chi connectivity index (χ4n) is 3.95. The Labute approximate surface area is 239 Å². The van der Waals surface area contributed by atoms with Gasteiger partial charge >= 0.3 is 0 Å². The van der Waals surface area contributed by atoms with Gasteiger partial charge in [0.15, 0.2) is 5.13 Å². The van der Waals surface area contributed by atoms with Crippen molar-refractivity contribution in [1.29, 1.82) is 0 Å². The summed E-state index contributed by atoms with van der Waals surface area (Å²) >= 11 is 38.8. The molecule has 1 aliphatic rings. The Balaban J connectivity index is 1.33.